The Morgan fingerprint density at radius 3 is 2.46 bits per heavy atom. The van der Waals surface area contributed by atoms with Crippen molar-refractivity contribution in [2.24, 2.45) is 0 Å². The molecule has 206 valence electrons. The van der Waals surface area contributed by atoms with Gasteiger partial charge in [-0.2, -0.15) is 0 Å². The molecule has 0 amide bonds. The molecule has 1 N–H and O–H groups in total. The summed E-state index contributed by atoms with van der Waals surface area (Å²) in [6.07, 6.45) is 8.68. The van der Waals surface area contributed by atoms with Crippen LogP contribution in [0.15, 0.2) is 95.5 Å². The predicted molar refractivity (Wildman–Crippen MR) is 160 cm³/mol. The number of pyridine rings is 1. The predicted octanol–water partition coefficient (Wildman–Crippen LogP) is 4.83. The number of benzene rings is 2. The van der Waals surface area contributed by atoms with Crippen molar-refractivity contribution < 1.29 is 8.42 Å². The van der Waals surface area contributed by atoms with E-state index in [1.165, 1.54) is 6.20 Å². The SMILES string of the molecule is Cc1ccc(-c2ccc(N3CCN(C)CC3)cc2)c(S(=O)(=O)c2cnc3[nH]cc(-c4ccc5nccn5c4)c3n2)c1. The van der Waals surface area contributed by atoms with E-state index in [2.05, 4.69) is 48.9 Å². The molecule has 0 radical (unpaired) electrons. The molecule has 0 atom stereocenters. The van der Waals surface area contributed by atoms with Gasteiger partial charge in [0.2, 0.25) is 9.84 Å². The number of nitrogens with one attached hydrogen (secondary N) is 1. The number of fused-ring (bicyclic) bond motifs is 2. The molecule has 1 saturated heterocycles. The Labute approximate surface area is 238 Å². The van der Waals surface area contributed by atoms with E-state index in [-0.39, 0.29) is 9.92 Å². The van der Waals surface area contributed by atoms with Crippen LogP contribution in [-0.4, -0.2) is 70.9 Å². The van der Waals surface area contributed by atoms with E-state index in [1.807, 2.05) is 60.1 Å². The number of aromatic nitrogens is 5. The number of aromatic amines is 1. The van der Waals surface area contributed by atoms with Gasteiger partial charge in [-0.25, -0.2) is 23.4 Å². The second-order valence-electron chi connectivity index (χ2n) is 10.6. The van der Waals surface area contributed by atoms with Crippen molar-refractivity contribution in [2.45, 2.75) is 16.8 Å². The average Bonchev–Trinajstić information content (AvgIpc) is 3.64. The van der Waals surface area contributed by atoms with Gasteiger partial charge in [0.1, 0.15) is 11.2 Å². The molecule has 0 bridgehead atoms. The Bertz CT molecular complexity index is 2000. The van der Waals surface area contributed by atoms with Crippen LogP contribution in [0, 0.1) is 6.92 Å². The smallest absolute Gasteiger partial charge is 0.226 e. The minimum atomic E-state index is -3.99. The number of imidazole rings is 1. The van der Waals surface area contributed by atoms with E-state index in [4.69, 9.17) is 0 Å². The molecule has 5 heterocycles. The zero-order chi connectivity index (χ0) is 28.1. The van der Waals surface area contributed by atoms with E-state index < -0.39 is 9.84 Å². The summed E-state index contributed by atoms with van der Waals surface area (Å²) in [6.45, 7) is 5.88. The van der Waals surface area contributed by atoms with E-state index in [1.54, 1.807) is 18.5 Å². The number of sulfone groups is 1. The maximum atomic E-state index is 14.1. The first-order chi connectivity index (χ1) is 19.9. The second-order valence-corrected chi connectivity index (χ2v) is 12.4. The minimum absolute atomic E-state index is 0.0875. The van der Waals surface area contributed by atoms with E-state index in [9.17, 15) is 8.42 Å². The van der Waals surface area contributed by atoms with Crippen LogP contribution >= 0.6 is 0 Å². The standard InChI is InChI=1S/C31H29N7O2S/c1-21-3-9-25(22-4-7-24(8-5-22)37-15-13-36(2)14-16-37)27(17-21)41(39,40)29-19-34-31-30(35-29)26(18-33-31)23-6-10-28-32-11-12-38(28)20-23/h3-12,17-20H,13-16H2,1-2H3,(H,33,34). The lowest BCUT2D eigenvalue weighted by atomic mass is 10.0. The Kier molecular flexibility index (Phi) is 6.09. The lowest BCUT2D eigenvalue weighted by Gasteiger charge is -2.34. The van der Waals surface area contributed by atoms with Crippen molar-refractivity contribution in [3.8, 4) is 22.3 Å². The summed E-state index contributed by atoms with van der Waals surface area (Å²) in [5.41, 5.74) is 6.96. The largest absolute Gasteiger partial charge is 0.369 e. The molecule has 0 aliphatic carbocycles. The number of H-pyrrole nitrogens is 1. The molecule has 41 heavy (non-hydrogen) atoms. The lowest BCUT2D eigenvalue weighted by Crippen LogP contribution is -2.44. The summed E-state index contributed by atoms with van der Waals surface area (Å²) in [4.78, 5) is 21.4. The first-order valence-corrected chi connectivity index (χ1v) is 15.0. The second kappa shape index (κ2) is 9.83. The molecule has 0 saturated carbocycles. The first kappa shape index (κ1) is 25.4. The third-order valence-corrected chi connectivity index (χ3v) is 9.47. The molecule has 9 nitrogen and oxygen atoms in total. The quantitative estimate of drug-likeness (QED) is 0.321. The average molecular weight is 564 g/mol. The van der Waals surface area contributed by atoms with Crippen molar-refractivity contribution in [3.63, 3.8) is 0 Å². The number of nitrogens with zero attached hydrogens (tertiary/aromatic N) is 6. The summed E-state index contributed by atoms with van der Waals surface area (Å²) in [6, 6.07) is 17.5. The van der Waals surface area contributed by atoms with Crippen molar-refractivity contribution in [2.75, 3.05) is 38.1 Å². The van der Waals surface area contributed by atoms with Gasteiger partial charge >= 0.3 is 0 Å². The van der Waals surface area contributed by atoms with Crippen molar-refractivity contribution in [1.82, 2.24) is 29.2 Å². The number of likely N-dealkylation sites (N-methyl/N-ethyl adjacent to an activating group) is 1. The van der Waals surface area contributed by atoms with Gasteiger partial charge in [0.05, 0.1) is 11.1 Å². The fourth-order valence-corrected chi connectivity index (χ4v) is 6.87. The highest BCUT2D eigenvalue weighted by atomic mass is 32.2. The van der Waals surface area contributed by atoms with Gasteiger partial charge in [-0.15, -0.1) is 0 Å². The summed E-state index contributed by atoms with van der Waals surface area (Å²) in [5.74, 6) is 0. The monoisotopic (exact) mass is 563 g/mol. The third-order valence-electron chi connectivity index (χ3n) is 7.81. The highest BCUT2D eigenvalue weighted by Gasteiger charge is 2.26. The molecule has 4 aromatic heterocycles. The van der Waals surface area contributed by atoms with Crippen LogP contribution in [-0.2, 0) is 9.84 Å². The minimum Gasteiger partial charge on any atom is -0.369 e. The van der Waals surface area contributed by atoms with Gasteiger partial charge in [0, 0.05) is 73.3 Å². The summed E-state index contributed by atoms with van der Waals surface area (Å²) < 4.78 is 30.2. The number of hydrogen-bond acceptors (Lipinski definition) is 7. The first-order valence-electron chi connectivity index (χ1n) is 13.5. The summed E-state index contributed by atoms with van der Waals surface area (Å²) in [7, 11) is -1.85. The Morgan fingerprint density at radius 1 is 0.878 bits per heavy atom. The van der Waals surface area contributed by atoms with Gasteiger partial charge in [0.25, 0.3) is 0 Å². The van der Waals surface area contributed by atoms with Crippen molar-refractivity contribution in [1.29, 1.82) is 0 Å². The van der Waals surface area contributed by atoms with E-state index in [0.717, 1.165) is 59.8 Å². The number of hydrogen-bond donors (Lipinski definition) is 1. The highest BCUT2D eigenvalue weighted by molar-refractivity contribution is 7.91. The normalized spacial score (nSPS) is 14.7. The van der Waals surface area contributed by atoms with Crippen LogP contribution in [0.3, 0.4) is 0 Å². The number of piperazine rings is 1. The van der Waals surface area contributed by atoms with Crippen LogP contribution < -0.4 is 4.90 Å². The molecular formula is C31H29N7O2S. The zero-order valence-electron chi connectivity index (χ0n) is 22.8. The molecular weight excluding hydrogens is 534 g/mol. The molecule has 1 aliphatic rings. The van der Waals surface area contributed by atoms with E-state index in [0.29, 0.717) is 16.7 Å². The zero-order valence-corrected chi connectivity index (χ0v) is 23.6. The van der Waals surface area contributed by atoms with Gasteiger partial charge in [-0.05, 0) is 55.4 Å². The molecule has 7 rings (SSSR count). The van der Waals surface area contributed by atoms with Gasteiger partial charge in [0.15, 0.2) is 10.7 Å². The van der Waals surface area contributed by atoms with Gasteiger partial charge in [-0.1, -0.05) is 24.3 Å². The van der Waals surface area contributed by atoms with Crippen molar-refractivity contribution >= 4 is 32.3 Å². The summed E-state index contributed by atoms with van der Waals surface area (Å²) >= 11 is 0. The Balaban J connectivity index is 1.28. The van der Waals surface area contributed by atoms with Crippen LogP contribution in [0.25, 0.3) is 39.1 Å². The molecule has 1 aliphatic heterocycles. The van der Waals surface area contributed by atoms with Crippen LogP contribution in [0.5, 0.6) is 0 Å². The maximum Gasteiger partial charge on any atom is 0.226 e. The molecule has 0 spiro atoms. The Morgan fingerprint density at radius 2 is 1.66 bits per heavy atom. The maximum absolute atomic E-state index is 14.1. The fraction of sp³-hybridized carbons (Fsp3) is 0.194. The lowest BCUT2D eigenvalue weighted by molar-refractivity contribution is 0.313. The number of rotatable bonds is 5. The van der Waals surface area contributed by atoms with Crippen LogP contribution in [0.1, 0.15) is 5.56 Å². The highest BCUT2D eigenvalue weighted by Crippen LogP contribution is 2.34. The van der Waals surface area contributed by atoms with Crippen LogP contribution in [0.4, 0.5) is 5.69 Å². The molecule has 6 aromatic rings. The van der Waals surface area contributed by atoms with Crippen LogP contribution in [0.2, 0.25) is 0 Å². The van der Waals surface area contributed by atoms with E-state index >= 15 is 0 Å². The van der Waals surface area contributed by atoms with Gasteiger partial charge < -0.3 is 19.2 Å². The number of aryl methyl sites for hydroxylation is 1. The molecule has 2 aromatic carbocycles. The van der Waals surface area contributed by atoms with Crippen molar-refractivity contribution in [3.05, 3.63) is 91.1 Å². The van der Waals surface area contributed by atoms with Gasteiger partial charge in [-0.3, -0.25) is 0 Å². The Hall–Kier alpha value is -4.54. The third kappa shape index (κ3) is 4.55. The molecule has 1 fully saturated rings. The number of anilines is 1. The molecule has 0 unspecified atom stereocenters. The molecule has 10 heteroatoms. The topological polar surface area (TPSA) is 99.5 Å². The fourth-order valence-electron chi connectivity index (χ4n) is 5.42. The summed E-state index contributed by atoms with van der Waals surface area (Å²) in [5, 5.41) is -0.0875.